The van der Waals surface area contributed by atoms with Crippen molar-refractivity contribution in [2.45, 2.75) is 30.3 Å². The van der Waals surface area contributed by atoms with Gasteiger partial charge in [-0.3, -0.25) is 0 Å². The standard InChI is InChI=1S/C20H25N3O4S/c1-27-18-7-9-19(10-8-18)28(25,26)22-17-11-13-23(14-12-17)20(24)21-15-16-5-3-2-4-6-16/h2-10,17,22H,11-15H2,1H3,(H,21,24). The van der Waals surface area contributed by atoms with E-state index >= 15 is 0 Å². The summed E-state index contributed by atoms with van der Waals surface area (Å²) < 4.78 is 32.9. The van der Waals surface area contributed by atoms with Crippen molar-refractivity contribution in [3.63, 3.8) is 0 Å². The van der Waals surface area contributed by atoms with Crippen LogP contribution in [0.2, 0.25) is 0 Å². The van der Waals surface area contributed by atoms with E-state index in [-0.39, 0.29) is 17.0 Å². The molecule has 150 valence electrons. The molecule has 2 aromatic carbocycles. The minimum atomic E-state index is -3.59. The highest BCUT2D eigenvalue weighted by molar-refractivity contribution is 7.89. The number of hydrogen-bond acceptors (Lipinski definition) is 4. The average Bonchev–Trinajstić information content (AvgIpc) is 2.73. The lowest BCUT2D eigenvalue weighted by Gasteiger charge is -2.32. The Labute approximate surface area is 165 Å². The number of benzene rings is 2. The number of ether oxygens (including phenoxy) is 1. The van der Waals surface area contributed by atoms with Crippen LogP contribution in [0.4, 0.5) is 4.79 Å². The fraction of sp³-hybridized carbons (Fsp3) is 0.350. The van der Waals surface area contributed by atoms with Crippen LogP contribution in [0.15, 0.2) is 59.5 Å². The lowest BCUT2D eigenvalue weighted by atomic mass is 10.1. The molecule has 28 heavy (non-hydrogen) atoms. The molecule has 2 N–H and O–H groups in total. The van der Waals surface area contributed by atoms with E-state index in [1.807, 2.05) is 30.3 Å². The molecule has 0 aromatic heterocycles. The summed E-state index contributed by atoms with van der Waals surface area (Å²) in [6.45, 7) is 1.50. The number of likely N-dealkylation sites (tertiary alicyclic amines) is 1. The lowest BCUT2D eigenvalue weighted by Crippen LogP contribution is -2.49. The monoisotopic (exact) mass is 403 g/mol. The number of amides is 2. The number of carbonyl (C=O) groups excluding carboxylic acids is 1. The molecule has 0 saturated carbocycles. The van der Waals surface area contributed by atoms with Crippen molar-refractivity contribution in [3.8, 4) is 5.75 Å². The molecular formula is C20H25N3O4S. The highest BCUT2D eigenvalue weighted by atomic mass is 32.2. The summed E-state index contributed by atoms with van der Waals surface area (Å²) in [5.41, 5.74) is 1.04. The Hall–Kier alpha value is -2.58. The van der Waals surface area contributed by atoms with E-state index in [4.69, 9.17) is 4.74 Å². The van der Waals surface area contributed by atoms with Gasteiger partial charge in [-0.15, -0.1) is 0 Å². The van der Waals surface area contributed by atoms with Gasteiger partial charge in [0.25, 0.3) is 0 Å². The van der Waals surface area contributed by atoms with Crippen LogP contribution < -0.4 is 14.8 Å². The predicted octanol–water partition coefficient (Wildman–Crippen LogP) is 2.35. The highest BCUT2D eigenvalue weighted by Crippen LogP contribution is 2.18. The first-order chi connectivity index (χ1) is 13.5. The van der Waals surface area contributed by atoms with Crippen molar-refractivity contribution in [1.82, 2.24) is 14.9 Å². The number of nitrogens with one attached hydrogen (secondary N) is 2. The van der Waals surface area contributed by atoms with Crippen LogP contribution in [0.3, 0.4) is 0 Å². The van der Waals surface area contributed by atoms with E-state index in [2.05, 4.69) is 10.0 Å². The smallest absolute Gasteiger partial charge is 0.317 e. The van der Waals surface area contributed by atoms with Crippen LogP contribution in [-0.2, 0) is 16.6 Å². The Morgan fingerprint density at radius 1 is 1.07 bits per heavy atom. The number of carbonyl (C=O) groups is 1. The second-order valence-electron chi connectivity index (χ2n) is 6.70. The van der Waals surface area contributed by atoms with Crippen LogP contribution in [0.25, 0.3) is 0 Å². The summed E-state index contributed by atoms with van der Waals surface area (Å²) in [5, 5.41) is 2.90. The van der Waals surface area contributed by atoms with E-state index in [0.717, 1.165) is 5.56 Å². The van der Waals surface area contributed by atoms with Gasteiger partial charge in [0.2, 0.25) is 10.0 Å². The van der Waals surface area contributed by atoms with E-state index in [0.29, 0.717) is 38.2 Å². The number of urea groups is 1. The lowest BCUT2D eigenvalue weighted by molar-refractivity contribution is 0.179. The van der Waals surface area contributed by atoms with Gasteiger partial charge in [-0.1, -0.05) is 30.3 Å². The van der Waals surface area contributed by atoms with Crippen molar-refractivity contribution in [1.29, 1.82) is 0 Å². The van der Waals surface area contributed by atoms with Gasteiger partial charge < -0.3 is 15.0 Å². The molecule has 3 rings (SSSR count). The molecule has 8 heteroatoms. The van der Waals surface area contributed by atoms with Crippen LogP contribution in [0, 0.1) is 0 Å². The molecule has 1 fully saturated rings. The minimum Gasteiger partial charge on any atom is -0.497 e. The third-order valence-corrected chi connectivity index (χ3v) is 6.30. The van der Waals surface area contributed by atoms with E-state index in [9.17, 15) is 13.2 Å². The maximum Gasteiger partial charge on any atom is 0.317 e. The van der Waals surface area contributed by atoms with Gasteiger partial charge >= 0.3 is 6.03 Å². The normalized spacial score (nSPS) is 15.2. The van der Waals surface area contributed by atoms with Crippen LogP contribution in [0.1, 0.15) is 18.4 Å². The summed E-state index contributed by atoms with van der Waals surface area (Å²) in [5.74, 6) is 0.605. The summed E-state index contributed by atoms with van der Waals surface area (Å²) in [4.78, 5) is 14.2. The van der Waals surface area contributed by atoms with E-state index in [1.165, 1.54) is 19.2 Å². The first-order valence-corrected chi connectivity index (χ1v) is 10.7. The van der Waals surface area contributed by atoms with Crippen LogP contribution in [0.5, 0.6) is 5.75 Å². The second-order valence-corrected chi connectivity index (χ2v) is 8.42. The van der Waals surface area contributed by atoms with Gasteiger partial charge in [-0.2, -0.15) is 0 Å². The Kier molecular flexibility index (Phi) is 6.53. The summed E-state index contributed by atoms with van der Waals surface area (Å²) in [7, 11) is -2.06. The van der Waals surface area contributed by atoms with Gasteiger partial charge in [0.15, 0.2) is 0 Å². The van der Waals surface area contributed by atoms with Gasteiger partial charge in [0.05, 0.1) is 12.0 Å². The number of hydrogen-bond donors (Lipinski definition) is 2. The first kappa shape index (κ1) is 20.2. The molecule has 0 spiro atoms. The summed E-state index contributed by atoms with van der Waals surface area (Å²) in [6, 6.07) is 15.7. The molecule has 1 saturated heterocycles. The summed E-state index contributed by atoms with van der Waals surface area (Å²) in [6.07, 6.45) is 1.16. The quantitative estimate of drug-likeness (QED) is 0.775. The predicted molar refractivity (Wildman–Crippen MR) is 107 cm³/mol. The zero-order valence-electron chi connectivity index (χ0n) is 15.8. The van der Waals surface area contributed by atoms with Gasteiger partial charge in [-0.25, -0.2) is 17.9 Å². The van der Waals surface area contributed by atoms with Crippen molar-refractivity contribution in [2.24, 2.45) is 0 Å². The van der Waals surface area contributed by atoms with Crippen molar-refractivity contribution in [3.05, 3.63) is 60.2 Å². The Balaban J connectivity index is 1.48. The molecule has 1 aliphatic rings. The molecule has 0 bridgehead atoms. The van der Waals surface area contributed by atoms with Crippen molar-refractivity contribution in [2.75, 3.05) is 20.2 Å². The number of nitrogens with zero attached hydrogens (tertiary/aromatic N) is 1. The number of piperidine rings is 1. The van der Waals surface area contributed by atoms with E-state index < -0.39 is 10.0 Å². The topological polar surface area (TPSA) is 87.7 Å². The van der Waals surface area contributed by atoms with Crippen molar-refractivity contribution >= 4 is 16.1 Å². The number of sulfonamides is 1. The number of methoxy groups -OCH3 is 1. The molecule has 7 nitrogen and oxygen atoms in total. The maximum atomic E-state index is 12.5. The Bertz CT molecular complexity index is 877. The molecule has 0 aliphatic carbocycles. The zero-order valence-corrected chi connectivity index (χ0v) is 16.6. The van der Waals surface area contributed by atoms with Gasteiger partial charge in [-0.05, 0) is 42.7 Å². The average molecular weight is 404 g/mol. The summed E-state index contributed by atoms with van der Waals surface area (Å²) >= 11 is 0. The largest absolute Gasteiger partial charge is 0.497 e. The third-order valence-electron chi connectivity index (χ3n) is 4.76. The van der Waals surface area contributed by atoms with Crippen molar-refractivity contribution < 1.29 is 17.9 Å². The molecular weight excluding hydrogens is 378 g/mol. The van der Waals surface area contributed by atoms with Crippen LogP contribution >= 0.6 is 0 Å². The van der Waals surface area contributed by atoms with Gasteiger partial charge in [0, 0.05) is 25.7 Å². The fourth-order valence-electron chi connectivity index (χ4n) is 3.13. The fourth-order valence-corrected chi connectivity index (χ4v) is 4.43. The molecule has 0 atom stereocenters. The highest BCUT2D eigenvalue weighted by Gasteiger charge is 2.26. The molecule has 2 amide bonds. The maximum absolute atomic E-state index is 12.5. The minimum absolute atomic E-state index is 0.125. The second kappa shape index (κ2) is 9.07. The molecule has 1 heterocycles. The molecule has 0 unspecified atom stereocenters. The SMILES string of the molecule is COc1ccc(S(=O)(=O)NC2CCN(C(=O)NCc3ccccc3)CC2)cc1. The van der Waals surface area contributed by atoms with E-state index in [1.54, 1.807) is 17.0 Å². The molecule has 2 aromatic rings. The molecule has 0 radical (unpaired) electrons. The molecule has 1 aliphatic heterocycles. The Morgan fingerprint density at radius 3 is 2.32 bits per heavy atom. The Morgan fingerprint density at radius 2 is 1.71 bits per heavy atom. The first-order valence-electron chi connectivity index (χ1n) is 9.21. The number of rotatable bonds is 6. The van der Waals surface area contributed by atoms with Crippen LogP contribution in [-0.4, -0.2) is 45.6 Å². The van der Waals surface area contributed by atoms with Gasteiger partial charge in [0.1, 0.15) is 5.75 Å². The zero-order chi connectivity index (χ0) is 20.0. The third kappa shape index (κ3) is 5.24.